The van der Waals surface area contributed by atoms with Gasteiger partial charge in [0.2, 0.25) is 0 Å². The van der Waals surface area contributed by atoms with Crippen LogP contribution in [0.4, 0.5) is 5.69 Å². The second kappa shape index (κ2) is 4.19. The van der Waals surface area contributed by atoms with Crippen molar-refractivity contribution >= 4 is 5.69 Å². The molecule has 0 bridgehead atoms. The van der Waals surface area contributed by atoms with E-state index in [1.54, 1.807) is 12.4 Å². The lowest BCUT2D eigenvalue weighted by Gasteiger charge is -2.25. The van der Waals surface area contributed by atoms with Gasteiger partial charge in [-0.05, 0) is 25.3 Å². The van der Waals surface area contributed by atoms with Gasteiger partial charge in [-0.2, -0.15) is 0 Å². The standard InChI is InChI=1S/C12H18N2O/c1-9-5-10(2)14(7-9)12-3-4-13-6-11(12)8-15/h3-4,6,9-10,15H,5,7-8H2,1-2H3. The molecule has 0 spiro atoms. The number of nitrogens with zero attached hydrogens (tertiary/aromatic N) is 2. The van der Waals surface area contributed by atoms with Gasteiger partial charge < -0.3 is 10.0 Å². The molecule has 1 saturated heterocycles. The Morgan fingerprint density at radius 1 is 1.53 bits per heavy atom. The van der Waals surface area contributed by atoms with Gasteiger partial charge >= 0.3 is 0 Å². The maximum absolute atomic E-state index is 9.26. The van der Waals surface area contributed by atoms with Crippen LogP contribution in [0, 0.1) is 5.92 Å². The van der Waals surface area contributed by atoms with Crippen LogP contribution in [0.3, 0.4) is 0 Å². The number of hydrogen-bond donors (Lipinski definition) is 1. The lowest BCUT2D eigenvalue weighted by molar-refractivity contribution is 0.281. The minimum atomic E-state index is 0.0702. The summed E-state index contributed by atoms with van der Waals surface area (Å²) in [6.07, 6.45) is 4.78. The summed E-state index contributed by atoms with van der Waals surface area (Å²) >= 11 is 0. The first-order chi connectivity index (χ1) is 7.22. The molecular formula is C12H18N2O. The Bertz CT molecular complexity index is 340. The van der Waals surface area contributed by atoms with Crippen molar-refractivity contribution < 1.29 is 5.11 Å². The molecule has 0 aliphatic carbocycles. The third-order valence-electron chi connectivity index (χ3n) is 3.14. The molecule has 1 aromatic rings. The average Bonchev–Trinajstić information content (AvgIpc) is 2.57. The van der Waals surface area contributed by atoms with Crippen molar-refractivity contribution in [1.29, 1.82) is 0 Å². The summed E-state index contributed by atoms with van der Waals surface area (Å²) in [5.74, 6) is 0.736. The largest absolute Gasteiger partial charge is 0.392 e. The highest BCUT2D eigenvalue weighted by Crippen LogP contribution is 2.30. The van der Waals surface area contributed by atoms with Crippen molar-refractivity contribution in [2.45, 2.75) is 32.9 Å². The summed E-state index contributed by atoms with van der Waals surface area (Å²) in [4.78, 5) is 6.42. The molecule has 0 amide bonds. The molecule has 15 heavy (non-hydrogen) atoms. The summed E-state index contributed by atoms with van der Waals surface area (Å²) < 4.78 is 0. The van der Waals surface area contributed by atoms with Crippen molar-refractivity contribution in [2.24, 2.45) is 5.92 Å². The monoisotopic (exact) mass is 206 g/mol. The van der Waals surface area contributed by atoms with Gasteiger partial charge in [-0.15, -0.1) is 0 Å². The predicted molar refractivity (Wildman–Crippen MR) is 60.7 cm³/mol. The minimum Gasteiger partial charge on any atom is -0.392 e. The van der Waals surface area contributed by atoms with E-state index in [9.17, 15) is 5.11 Å². The predicted octanol–water partition coefficient (Wildman–Crippen LogP) is 1.81. The molecule has 0 saturated carbocycles. The van der Waals surface area contributed by atoms with Gasteiger partial charge in [0.1, 0.15) is 0 Å². The lowest BCUT2D eigenvalue weighted by atomic mass is 10.1. The molecule has 0 radical (unpaired) electrons. The zero-order valence-corrected chi connectivity index (χ0v) is 9.35. The molecule has 2 rings (SSSR count). The zero-order chi connectivity index (χ0) is 10.8. The molecule has 1 aromatic heterocycles. The molecule has 3 nitrogen and oxygen atoms in total. The van der Waals surface area contributed by atoms with Crippen molar-refractivity contribution in [3.05, 3.63) is 24.0 Å². The normalized spacial score (nSPS) is 25.9. The van der Waals surface area contributed by atoms with E-state index in [0.29, 0.717) is 6.04 Å². The number of rotatable bonds is 2. The van der Waals surface area contributed by atoms with E-state index in [-0.39, 0.29) is 6.61 Å². The van der Waals surface area contributed by atoms with Gasteiger partial charge in [0.25, 0.3) is 0 Å². The minimum absolute atomic E-state index is 0.0702. The van der Waals surface area contributed by atoms with Crippen LogP contribution in [0.2, 0.25) is 0 Å². The van der Waals surface area contributed by atoms with Gasteiger partial charge in [-0.25, -0.2) is 0 Å². The molecule has 1 N–H and O–H groups in total. The van der Waals surface area contributed by atoms with Crippen molar-refractivity contribution in [2.75, 3.05) is 11.4 Å². The molecule has 2 heterocycles. The van der Waals surface area contributed by atoms with Crippen LogP contribution < -0.4 is 4.90 Å². The third-order valence-corrected chi connectivity index (χ3v) is 3.14. The fraction of sp³-hybridized carbons (Fsp3) is 0.583. The zero-order valence-electron chi connectivity index (χ0n) is 9.35. The number of aliphatic hydroxyl groups excluding tert-OH is 1. The Labute approximate surface area is 90.8 Å². The fourth-order valence-corrected chi connectivity index (χ4v) is 2.46. The van der Waals surface area contributed by atoms with E-state index in [2.05, 4.69) is 23.7 Å². The molecule has 0 aromatic carbocycles. The highest BCUT2D eigenvalue weighted by molar-refractivity contribution is 5.53. The van der Waals surface area contributed by atoms with Gasteiger partial charge in [0.15, 0.2) is 0 Å². The Balaban J connectivity index is 2.29. The number of aliphatic hydroxyl groups is 1. The van der Waals surface area contributed by atoms with E-state index in [1.807, 2.05) is 6.07 Å². The first-order valence-electron chi connectivity index (χ1n) is 5.52. The summed E-state index contributed by atoms with van der Waals surface area (Å²) in [5.41, 5.74) is 2.07. The van der Waals surface area contributed by atoms with E-state index >= 15 is 0 Å². The van der Waals surface area contributed by atoms with Crippen molar-refractivity contribution in [1.82, 2.24) is 4.98 Å². The maximum atomic E-state index is 9.26. The van der Waals surface area contributed by atoms with Crippen LogP contribution in [0.5, 0.6) is 0 Å². The SMILES string of the molecule is CC1CC(C)N(c2ccncc2CO)C1. The van der Waals surface area contributed by atoms with Crippen LogP contribution >= 0.6 is 0 Å². The second-order valence-electron chi connectivity index (χ2n) is 4.50. The van der Waals surface area contributed by atoms with Gasteiger partial charge in [-0.1, -0.05) is 6.92 Å². The molecule has 1 fully saturated rings. The van der Waals surface area contributed by atoms with Gasteiger partial charge in [0.05, 0.1) is 6.61 Å². The molecule has 2 atom stereocenters. The van der Waals surface area contributed by atoms with E-state index in [0.717, 1.165) is 23.7 Å². The van der Waals surface area contributed by atoms with Crippen LogP contribution in [0.15, 0.2) is 18.5 Å². The van der Waals surface area contributed by atoms with Crippen LogP contribution in [-0.2, 0) is 6.61 Å². The number of hydrogen-bond acceptors (Lipinski definition) is 3. The lowest BCUT2D eigenvalue weighted by Crippen LogP contribution is -2.27. The summed E-state index contributed by atoms with van der Waals surface area (Å²) in [7, 11) is 0. The summed E-state index contributed by atoms with van der Waals surface area (Å²) in [6, 6.07) is 2.56. The summed E-state index contributed by atoms with van der Waals surface area (Å²) in [5, 5.41) is 9.26. The Kier molecular flexibility index (Phi) is 2.91. The summed E-state index contributed by atoms with van der Waals surface area (Å²) in [6.45, 7) is 5.67. The van der Waals surface area contributed by atoms with Crippen molar-refractivity contribution in [3.8, 4) is 0 Å². The van der Waals surface area contributed by atoms with Crippen LogP contribution in [0.25, 0.3) is 0 Å². The first kappa shape index (κ1) is 10.4. The highest BCUT2D eigenvalue weighted by atomic mass is 16.3. The topological polar surface area (TPSA) is 36.4 Å². The Hall–Kier alpha value is -1.09. The van der Waals surface area contributed by atoms with E-state index in [1.165, 1.54) is 6.42 Å². The van der Waals surface area contributed by atoms with Crippen molar-refractivity contribution in [3.63, 3.8) is 0 Å². The van der Waals surface area contributed by atoms with Gasteiger partial charge in [-0.3, -0.25) is 4.98 Å². The molecule has 82 valence electrons. The van der Waals surface area contributed by atoms with Crippen LogP contribution in [-0.4, -0.2) is 22.7 Å². The average molecular weight is 206 g/mol. The van der Waals surface area contributed by atoms with E-state index < -0.39 is 0 Å². The molecular weight excluding hydrogens is 188 g/mol. The maximum Gasteiger partial charge on any atom is 0.0717 e. The second-order valence-corrected chi connectivity index (χ2v) is 4.50. The Morgan fingerprint density at radius 2 is 2.33 bits per heavy atom. The smallest absolute Gasteiger partial charge is 0.0717 e. The molecule has 2 unspecified atom stereocenters. The highest BCUT2D eigenvalue weighted by Gasteiger charge is 2.27. The Morgan fingerprint density at radius 3 is 2.93 bits per heavy atom. The number of pyridine rings is 1. The first-order valence-corrected chi connectivity index (χ1v) is 5.52. The quantitative estimate of drug-likeness (QED) is 0.801. The molecule has 3 heteroatoms. The third kappa shape index (κ3) is 1.97. The van der Waals surface area contributed by atoms with E-state index in [4.69, 9.17) is 0 Å². The number of anilines is 1. The van der Waals surface area contributed by atoms with Crippen LogP contribution in [0.1, 0.15) is 25.8 Å². The molecule has 1 aliphatic heterocycles. The molecule has 1 aliphatic rings. The van der Waals surface area contributed by atoms with Gasteiger partial charge in [0, 0.05) is 36.2 Å². The number of aromatic nitrogens is 1. The fourth-order valence-electron chi connectivity index (χ4n) is 2.46.